The van der Waals surface area contributed by atoms with Crippen molar-refractivity contribution in [1.82, 2.24) is 29.5 Å². The van der Waals surface area contributed by atoms with Crippen molar-refractivity contribution >= 4 is 5.91 Å². The third kappa shape index (κ3) is 2.64. The van der Waals surface area contributed by atoms with Crippen molar-refractivity contribution in [2.24, 2.45) is 7.05 Å². The number of aryl methyl sites for hydroxylation is 2. The molecule has 0 spiro atoms. The fraction of sp³-hybridized carbons (Fsp3) is 0.533. The van der Waals surface area contributed by atoms with Crippen LogP contribution in [0.2, 0.25) is 0 Å². The van der Waals surface area contributed by atoms with Crippen molar-refractivity contribution in [3.63, 3.8) is 0 Å². The molecule has 1 N–H and O–H groups in total. The van der Waals surface area contributed by atoms with Crippen LogP contribution in [0.3, 0.4) is 0 Å². The van der Waals surface area contributed by atoms with E-state index >= 15 is 0 Å². The molecule has 0 bridgehead atoms. The highest BCUT2D eigenvalue weighted by Gasteiger charge is 2.31. The molecule has 22 heavy (non-hydrogen) atoms. The Morgan fingerprint density at radius 3 is 2.86 bits per heavy atom. The van der Waals surface area contributed by atoms with Crippen LogP contribution in [0, 0.1) is 0 Å². The normalized spacial score (nSPS) is 19.6. The molecule has 1 atom stereocenters. The molecule has 3 rings (SSSR count). The zero-order valence-corrected chi connectivity index (χ0v) is 13.3. The van der Waals surface area contributed by atoms with Gasteiger partial charge in [-0.15, -0.1) is 0 Å². The van der Waals surface area contributed by atoms with Gasteiger partial charge in [-0.2, -0.15) is 5.10 Å². The Bertz CT molecular complexity index is 661. The molecule has 1 amide bonds. The zero-order chi connectivity index (χ0) is 15.7. The lowest BCUT2D eigenvalue weighted by molar-refractivity contribution is 0.0523. The van der Waals surface area contributed by atoms with Crippen LogP contribution in [0.15, 0.2) is 18.5 Å². The molecule has 118 valence electrons. The Labute approximate surface area is 129 Å². The van der Waals surface area contributed by atoms with Crippen LogP contribution in [-0.2, 0) is 13.5 Å². The van der Waals surface area contributed by atoms with Crippen molar-refractivity contribution < 1.29 is 4.79 Å². The van der Waals surface area contributed by atoms with Crippen LogP contribution < -0.4 is 0 Å². The number of H-pyrrole nitrogens is 1. The predicted octanol–water partition coefficient (Wildman–Crippen LogP) is 0.834. The minimum atomic E-state index is -0.0109. The van der Waals surface area contributed by atoms with E-state index in [1.807, 2.05) is 35.7 Å². The number of likely N-dealkylation sites (N-methyl/N-ethyl adjacent to an activating group) is 1. The Hall–Kier alpha value is -2.15. The molecule has 0 aromatic carbocycles. The fourth-order valence-corrected chi connectivity index (χ4v) is 2.85. The Kier molecular flexibility index (Phi) is 3.98. The van der Waals surface area contributed by atoms with Crippen molar-refractivity contribution in [1.29, 1.82) is 0 Å². The summed E-state index contributed by atoms with van der Waals surface area (Å²) in [5.41, 5.74) is 1.48. The van der Waals surface area contributed by atoms with E-state index in [9.17, 15) is 4.79 Å². The van der Waals surface area contributed by atoms with Crippen molar-refractivity contribution in [3.8, 4) is 0 Å². The summed E-state index contributed by atoms with van der Waals surface area (Å²) >= 11 is 0. The number of amides is 1. The molecule has 7 heteroatoms. The van der Waals surface area contributed by atoms with Gasteiger partial charge in [-0.3, -0.25) is 14.8 Å². The van der Waals surface area contributed by atoms with E-state index in [2.05, 4.69) is 27.1 Å². The summed E-state index contributed by atoms with van der Waals surface area (Å²) < 4.78 is 2.01. The quantitative estimate of drug-likeness (QED) is 0.912. The molecule has 0 unspecified atom stereocenters. The third-order valence-electron chi connectivity index (χ3n) is 4.32. The average Bonchev–Trinajstić information content (AvgIpc) is 3.16. The van der Waals surface area contributed by atoms with Crippen LogP contribution in [-0.4, -0.2) is 62.1 Å². The first-order valence-corrected chi connectivity index (χ1v) is 7.61. The van der Waals surface area contributed by atoms with Gasteiger partial charge in [0.05, 0.1) is 6.04 Å². The van der Waals surface area contributed by atoms with Crippen LogP contribution in [0.1, 0.15) is 35.0 Å². The van der Waals surface area contributed by atoms with Gasteiger partial charge in [0.25, 0.3) is 5.91 Å². The van der Waals surface area contributed by atoms with Gasteiger partial charge in [0, 0.05) is 44.8 Å². The molecular weight excluding hydrogens is 280 g/mol. The summed E-state index contributed by atoms with van der Waals surface area (Å²) in [4.78, 5) is 21.2. The number of aromatic nitrogens is 4. The van der Waals surface area contributed by atoms with Gasteiger partial charge < -0.3 is 9.47 Å². The van der Waals surface area contributed by atoms with Gasteiger partial charge in [-0.1, -0.05) is 6.92 Å². The maximum Gasteiger partial charge on any atom is 0.274 e. The lowest BCUT2D eigenvalue weighted by Gasteiger charge is -2.38. The fourth-order valence-electron chi connectivity index (χ4n) is 2.85. The highest BCUT2D eigenvalue weighted by atomic mass is 16.2. The van der Waals surface area contributed by atoms with Crippen LogP contribution in [0.5, 0.6) is 0 Å². The highest BCUT2D eigenvalue weighted by Crippen LogP contribution is 2.23. The van der Waals surface area contributed by atoms with E-state index in [0.29, 0.717) is 18.8 Å². The second kappa shape index (κ2) is 5.92. The zero-order valence-electron chi connectivity index (χ0n) is 13.3. The molecule has 1 fully saturated rings. The number of piperazine rings is 1. The molecule has 2 aromatic heterocycles. The maximum absolute atomic E-state index is 12.6. The number of hydrogen-bond donors (Lipinski definition) is 1. The highest BCUT2D eigenvalue weighted by molar-refractivity contribution is 5.92. The average molecular weight is 302 g/mol. The van der Waals surface area contributed by atoms with E-state index < -0.39 is 0 Å². The summed E-state index contributed by atoms with van der Waals surface area (Å²) in [7, 11) is 4.06. The molecule has 0 radical (unpaired) electrons. The van der Waals surface area contributed by atoms with Gasteiger partial charge >= 0.3 is 0 Å². The van der Waals surface area contributed by atoms with Gasteiger partial charge in [0.2, 0.25) is 0 Å². The van der Waals surface area contributed by atoms with Crippen molar-refractivity contribution in [3.05, 3.63) is 35.7 Å². The molecule has 1 aliphatic rings. The van der Waals surface area contributed by atoms with Gasteiger partial charge in [0.15, 0.2) is 0 Å². The maximum atomic E-state index is 12.6. The first-order chi connectivity index (χ1) is 10.6. The van der Waals surface area contributed by atoms with Crippen LogP contribution in [0.25, 0.3) is 0 Å². The smallest absolute Gasteiger partial charge is 0.274 e. The molecule has 2 aromatic rings. The largest absolute Gasteiger partial charge is 0.337 e. The monoisotopic (exact) mass is 302 g/mol. The number of carbonyl (C=O) groups excluding carboxylic acids is 1. The summed E-state index contributed by atoms with van der Waals surface area (Å²) in [6.07, 6.45) is 4.58. The molecule has 7 nitrogen and oxygen atoms in total. The lowest BCUT2D eigenvalue weighted by atomic mass is 10.1. The van der Waals surface area contributed by atoms with Crippen LogP contribution in [0.4, 0.5) is 0 Å². The number of carbonyl (C=O) groups is 1. The number of nitrogens with one attached hydrogen (secondary N) is 1. The van der Waals surface area contributed by atoms with E-state index in [0.717, 1.165) is 24.5 Å². The molecule has 0 saturated carbocycles. The third-order valence-corrected chi connectivity index (χ3v) is 4.32. The first-order valence-electron chi connectivity index (χ1n) is 7.61. The van der Waals surface area contributed by atoms with Crippen molar-refractivity contribution in [2.75, 3.05) is 26.7 Å². The standard InChI is InChI=1S/C15H22N6O/c1-4-11-9-12(18-17-11)15(22)21-8-7-19(2)13(10-21)14-16-5-6-20(14)3/h5-6,9,13H,4,7-8,10H2,1-3H3,(H,17,18)/t13-/m1/s1. The second-order valence-corrected chi connectivity index (χ2v) is 5.78. The summed E-state index contributed by atoms with van der Waals surface area (Å²) in [6, 6.07) is 1.96. The van der Waals surface area contributed by atoms with Crippen molar-refractivity contribution in [2.45, 2.75) is 19.4 Å². The van der Waals surface area contributed by atoms with E-state index in [1.54, 1.807) is 6.20 Å². The summed E-state index contributed by atoms with van der Waals surface area (Å²) in [5.74, 6) is 0.972. The first kappa shape index (κ1) is 14.8. The number of aromatic amines is 1. The summed E-state index contributed by atoms with van der Waals surface area (Å²) in [6.45, 7) is 4.21. The summed E-state index contributed by atoms with van der Waals surface area (Å²) in [5, 5.41) is 7.04. The topological polar surface area (TPSA) is 70.1 Å². The Morgan fingerprint density at radius 1 is 1.41 bits per heavy atom. The molecule has 1 aliphatic heterocycles. The van der Waals surface area contributed by atoms with Crippen LogP contribution >= 0.6 is 0 Å². The second-order valence-electron chi connectivity index (χ2n) is 5.78. The molecule has 1 saturated heterocycles. The number of rotatable bonds is 3. The molecule has 3 heterocycles. The van der Waals surface area contributed by atoms with E-state index in [4.69, 9.17) is 0 Å². The number of nitrogens with zero attached hydrogens (tertiary/aromatic N) is 5. The van der Waals surface area contributed by atoms with E-state index in [-0.39, 0.29) is 11.9 Å². The van der Waals surface area contributed by atoms with Gasteiger partial charge in [-0.25, -0.2) is 4.98 Å². The minimum absolute atomic E-state index is 0.0109. The minimum Gasteiger partial charge on any atom is -0.337 e. The number of imidazole rings is 1. The predicted molar refractivity (Wildman–Crippen MR) is 82.4 cm³/mol. The number of hydrogen-bond acceptors (Lipinski definition) is 4. The Balaban J connectivity index is 1.78. The van der Waals surface area contributed by atoms with Gasteiger partial charge in [-0.05, 0) is 19.5 Å². The van der Waals surface area contributed by atoms with E-state index in [1.165, 1.54) is 0 Å². The lowest BCUT2D eigenvalue weighted by Crippen LogP contribution is -2.49. The van der Waals surface area contributed by atoms with Gasteiger partial charge in [0.1, 0.15) is 11.5 Å². The molecular formula is C15H22N6O. The SMILES string of the molecule is CCc1cc(C(=O)N2CCN(C)[C@@H](c3nccn3C)C2)n[nH]1. The Morgan fingerprint density at radius 2 is 2.23 bits per heavy atom. The molecule has 0 aliphatic carbocycles.